The average Bonchev–Trinajstić information content (AvgIpc) is 2.24. The molecule has 2 rings (SSSR count). The third-order valence-corrected chi connectivity index (χ3v) is 3.66. The van der Waals surface area contributed by atoms with Crippen LogP contribution in [0.2, 0.25) is 10.0 Å². The monoisotopic (exact) mass is 261 g/mol. The molecule has 0 spiro atoms. The highest BCUT2D eigenvalue weighted by Gasteiger charge is 2.31. The summed E-state index contributed by atoms with van der Waals surface area (Å²) in [5, 5.41) is 4.09. The van der Waals surface area contributed by atoms with E-state index in [1.807, 2.05) is 6.07 Å². The maximum Gasteiger partial charge on any atom is 0.127 e. The van der Waals surface area contributed by atoms with Crippen LogP contribution in [0.15, 0.2) is 18.2 Å². The quantitative estimate of drug-likeness (QED) is 0.858. The molecule has 1 aliphatic rings. The standard InChI is InChI=1S/C12H14Cl2FN/c13-10-3-2-9(6-11(10)14)7-12(15)4-1-5-16-8-12/h2-3,6,16H,1,4-5,7-8H2. The van der Waals surface area contributed by atoms with Gasteiger partial charge >= 0.3 is 0 Å². The molecule has 88 valence electrons. The fraction of sp³-hybridized carbons (Fsp3) is 0.500. The molecule has 1 unspecified atom stereocenters. The van der Waals surface area contributed by atoms with E-state index in [1.165, 1.54) is 0 Å². The third kappa shape index (κ3) is 2.88. The SMILES string of the molecule is FC1(Cc2ccc(Cl)c(Cl)c2)CCCNC1. The van der Waals surface area contributed by atoms with Crippen molar-refractivity contribution in [2.24, 2.45) is 0 Å². The zero-order valence-corrected chi connectivity index (χ0v) is 10.4. The Morgan fingerprint density at radius 1 is 1.31 bits per heavy atom. The van der Waals surface area contributed by atoms with Crippen LogP contribution in [0, 0.1) is 0 Å². The highest BCUT2D eigenvalue weighted by Crippen LogP contribution is 2.29. The molecule has 1 aliphatic heterocycles. The van der Waals surface area contributed by atoms with E-state index in [4.69, 9.17) is 23.2 Å². The van der Waals surface area contributed by atoms with E-state index in [2.05, 4.69) is 5.32 Å². The van der Waals surface area contributed by atoms with Crippen molar-refractivity contribution >= 4 is 23.2 Å². The van der Waals surface area contributed by atoms with Crippen LogP contribution in [0.25, 0.3) is 0 Å². The van der Waals surface area contributed by atoms with Gasteiger partial charge in [-0.3, -0.25) is 0 Å². The lowest BCUT2D eigenvalue weighted by Gasteiger charge is -2.30. The molecule has 1 N–H and O–H groups in total. The maximum absolute atomic E-state index is 14.4. The van der Waals surface area contributed by atoms with Crippen LogP contribution in [-0.2, 0) is 6.42 Å². The minimum absolute atomic E-state index is 0.400. The van der Waals surface area contributed by atoms with Crippen molar-refractivity contribution in [2.45, 2.75) is 24.9 Å². The molecular formula is C12H14Cl2FN. The topological polar surface area (TPSA) is 12.0 Å². The minimum Gasteiger partial charge on any atom is -0.314 e. The van der Waals surface area contributed by atoms with Gasteiger partial charge in [0.2, 0.25) is 0 Å². The Kier molecular flexibility index (Phi) is 3.73. The molecule has 0 aromatic heterocycles. The van der Waals surface area contributed by atoms with Gasteiger partial charge in [-0.05, 0) is 37.1 Å². The van der Waals surface area contributed by atoms with Gasteiger partial charge in [0.05, 0.1) is 10.0 Å². The molecule has 1 heterocycles. The van der Waals surface area contributed by atoms with Crippen LogP contribution < -0.4 is 5.32 Å². The first-order chi connectivity index (χ1) is 7.59. The Morgan fingerprint density at radius 3 is 2.75 bits per heavy atom. The summed E-state index contributed by atoms with van der Waals surface area (Å²) in [5.41, 5.74) is -0.240. The minimum atomic E-state index is -1.14. The van der Waals surface area contributed by atoms with Gasteiger partial charge in [-0.25, -0.2) is 4.39 Å². The van der Waals surface area contributed by atoms with Crippen molar-refractivity contribution < 1.29 is 4.39 Å². The molecule has 0 radical (unpaired) electrons. The van der Waals surface area contributed by atoms with Crippen molar-refractivity contribution in [3.63, 3.8) is 0 Å². The Labute approximate surface area is 105 Å². The first-order valence-corrected chi connectivity index (χ1v) is 6.18. The zero-order valence-electron chi connectivity index (χ0n) is 8.90. The van der Waals surface area contributed by atoms with Gasteiger partial charge in [-0.2, -0.15) is 0 Å². The van der Waals surface area contributed by atoms with Crippen molar-refractivity contribution in [3.05, 3.63) is 33.8 Å². The Morgan fingerprint density at radius 2 is 2.12 bits per heavy atom. The van der Waals surface area contributed by atoms with E-state index in [-0.39, 0.29) is 0 Å². The lowest BCUT2D eigenvalue weighted by atomic mass is 9.89. The number of nitrogens with one attached hydrogen (secondary N) is 1. The first-order valence-electron chi connectivity index (χ1n) is 5.43. The highest BCUT2D eigenvalue weighted by molar-refractivity contribution is 6.42. The molecule has 1 atom stereocenters. The molecular weight excluding hydrogens is 248 g/mol. The fourth-order valence-electron chi connectivity index (χ4n) is 2.10. The zero-order chi connectivity index (χ0) is 11.6. The smallest absolute Gasteiger partial charge is 0.127 e. The van der Waals surface area contributed by atoms with Crippen LogP contribution in [0.4, 0.5) is 4.39 Å². The van der Waals surface area contributed by atoms with Crippen LogP contribution in [0.3, 0.4) is 0 Å². The molecule has 1 aromatic rings. The first kappa shape index (κ1) is 12.2. The molecule has 16 heavy (non-hydrogen) atoms. The Bertz CT molecular complexity index is 375. The summed E-state index contributed by atoms with van der Waals surface area (Å²) in [6, 6.07) is 5.31. The Balaban J connectivity index is 2.10. The summed E-state index contributed by atoms with van der Waals surface area (Å²) in [6.45, 7) is 1.33. The summed E-state index contributed by atoms with van der Waals surface area (Å²) in [6.07, 6.45) is 1.90. The second-order valence-electron chi connectivity index (χ2n) is 4.36. The van der Waals surface area contributed by atoms with E-state index in [9.17, 15) is 4.39 Å². The van der Waals surface area contributed by atoms with E-state index in [1.54, 1.807) is 12.1 Å². The van der Waals surface area contributed by atoms with E-state index in [0.29, 0.717) is 29.4 Å². The van der Waals surface area contributed by atoms with E-state index < -0.39 is 5.67 Å². The predicted octanol–water partition coefficient (Wildman–Crippen LogP) is 3.63. The van der Waals surface area contributed by atoms with Gasteiger partial charge < -0.3 is 5.32 Å². The molecule has 1 aromatic carbocycles. The van der Waals surface area contributed by atoms with Gasteiger partial charge in [-0.1, -0.05) is 29.3 Å². The largest absolute Gasteiger partial charge is 0.314 e. The van der Waals surface area contributed by atoms with Crippen molar-refractivity contribution in [1.29, 1.82) is 0 Å². The summed E-state index contributed by atoms with van der Waals surface area (Å²) in [4.78, 5) is 0. The van der Waals surface area contributed by atoms with Crippen molar-refractivity contribution in [1.82, 2.24) is 5.32 Å². The second-order valence-corrected chi connectivity index (χ2v) is 5.17. The van der Waals surface area contributed by atoms with Crippen molar-refractivity contribution in [3.8, 4) is 0 Å². The molecule has 0 bridgehead atoms. The normalized spacial score (nSPS) is 25.7. The number of alkyl halides is 1. The van der Waals surface area contributed by atoms with Crippen molar-refractivity contribution in [2.75, 3.05) is 13.1 Å². The molecule has 0 amide bonds. The number of hydrogen-bond acceptors (Lipinski definition) is 1. The van der Waals surface area contributed by atoms with Gasteiger partial charge in [0.15, 0.2) is 0 Å². The average molecular weight is 262 g/mol. The number of rotatable bonds is 2. The van der Waals surface area contributed by atoms with Gasteiger partial charge in [-0.15, -0.1) is 0 Å². The van der Waals surface area contributed by atoms with Gasteiger partial charge in [0.1, 0.15) is 5.67 Å². The number of benzene rings is 1. The summed E-state index contributed by atoms with van der Waals surface area (Å²) < 4.78 is 14.4. The lowest BCUT2D eigenvalue weighted by molar-refractivity contribution is 0.122. The predicted molar refractivity (Wildman–Crippen MR) is 66.1 cm³/mol. The molecule has 1 nitrogen and oxygen atoms in total. The third-order valence-electron chi connectivity index (χ3n) is 2.93. The van der Waals surface area contributed by atoms with Crippen LogP contribution in [0.1, 0.15) is 18.4 Å². The van der Waals surface area contributed by atoms with E-state index >= 15 is 0 Å². The number of halogens is 3. The maximum atomic E-state index is 14.4. The molecule has 1 saturated heterocycles. The summed E-state index contributed by atoms with van der Waals surface area (Å²) in [5.74, 6) is 0. The number of piperidine rings is 1. The summed E-state index contributed by atoms with van der Waals surface area (Å²) in [7, 11) is 0. The fourth-order valence-corrected chi connectivity index (χ4v) is 2.42. The molecule has 0 aliphatic carbocycles. The highest BCUT2D eigenvalue weighted by atomic mass is 35.5. The molecule has 4 heteroatoms. The number of hydrogen-bond donors (Lipinski definition) is 1. The second kappa shape index (κ2) is 4.91. The van der Waals surface area contributed by atoms with Gasteiger partial charge in [0.25, 0.3) is 0 Å². The van der Waals surface area contributed by atoms with E-state index in [0.717, 1.165) is 18.5 Å². The summed E-state index contributed by atoms with van der Waals surface area (Å²) >= 11 is 11.7. The molecule has 1 fully saturated rings. The van der Waals surface area contributed by atoms with Crippen LogP contribution in [0.5, 0.6) is 0 Å². The van der Waals surface area contributed by atoms with Gasteiger partial charge in [0, 0.05) is 13.0 Å². The molecule has 0 saturated carbocycles. The van der Waals surface area contributed by atoms with Crippen LogP contribution in [-0.4, -0.2) is 18.8 Å². The van der Waals surface area contributed by atoms with Crippen LogP contribution >= 0.6 is 23.2 Å². The lowest BCUT2D eigenvalue weighted by Crippen LogP contribution is -2.43. The Hall–Kier alpha value is -0.310.